The molecule has 12 heteroatoms. The number of Topliss-reactive ketones (excluding diaryl/α,β-unsaturated/α-hetero) is 2. The highest BCUT2D eigenvalue weighted by Crippen LogP contribution is 2.55. The molecule has 4 atom stereocenters. The Bertz CT molecular complexity index is 1750. The van der Waals surface area contributed by atoms with E-state index in [9.17, 15) is 39.7 Å². The predicted octanol–water partition coefficient (Wildman–Crippen LogP) is 1.50. The number of nitroso groups, excluding NO2 is 1. The number of nitrogens with zero attached hydrogens (tertiary/aromatic N) is 3. The van der Waals surface area contributed by atoms with E-state index in [-0.39, 0.29) is 35.3 Å². The van der Waals surface area contributed by atoms with Gasteiger partial charge in [-0.05, 0) is 67.9 Å². The van der Waals surface area contributed by atoms with Crippen molar-refractivity contribution in [3.05, 3.63) is 80.1 Å². The summed E-state index contributed by atoms with van der Waals surface area (Å²) < 4.78 is 0. The van der Waals surface area contributed by atoms with Crippen LogP contribution >= 0.6 is 0 Å². The van der Waals surface area contributed by atoms with Crippen LogP contribution in [0.15, 0.2) is 58.1 Å². The number of hydrogen-bond donors (Lipinski definition) is 5. The average molecular weight is 587 g/mol. The average Bonchev–Trinajstić information content (AvgIpc) is 2.92. The van der Waals surface area contributed by atoms with Crippen molar-refractivity contribution in [3.63, 3.8) is 0 Å². The fourth-order valence-corrected chi connectivity index (χ4v) is 6.63. The maximum Gasteiger partial charge on any atom is 0.255 e. The molecule has 222 valence electrons. The number of rotatable bonds is 4. The van der Waals surface area contributed by atoms with E-state index in [1.165, 1.54) is 17.0 Å². The van der Waals surface area contributed by atoms with Gasteiger partial charge in [0.15, 0.2) is 17.2 Å². The Balaban J connectivity index is 1.76. The van der Waals surface area contributed by atoms with Gasteiger partial charge in [0.1, 0.15) is 28.5 Å². The third-order valence-corrected chi connectivity index (χ3v) is 8.46. The number of allylic oxidation sites excluding steroid dienone is 1. The summed E-state index contributed by atoms with van der Waals surface area (Å²) in [6.45, 7) is 0. The Morgan fingerprint density at radius 3 is 2.37 bits per heavy atom. The van der Waals surface area contributed by atoms with Gasteiger partial charge in [0.25, 0.3) is 5.91 Å². The van der Waals surface area contributed by atoms with Crippen LogP contribution in [0.1, 0.15) is 33.5 Å². The van der Waals surface area contributed by atoms with Crippen LogP contribution < -0.4 is 10.6 Å². The van der Waals surface area contributed by atoms with Gasteiger partial charge in [-0.1, -0.05) is 17.9 Å². The number of phenolic OH excluding ortho intramolecular Hbond substituents is 2. The molecule has 0 heterocycles. The van der Waals surface area contributed by atoms with Crippen LogP contribution in [0, 0.1) is 28.6 Å². The van der Waals surface area contributed by atoms with Gasteiger partial charge >= 0.3 is 0 Å². The maximum absolute atomic E-state index is 14.2. The summed E-state index contributed by atoms with van der Waals surface area (Å²) in [7, 11) is 6.59. The highest BCUT2D eigenvalue weighted by molar-refractivity contribution is 6.22. The summed E-state index contributed by atoms with van der Waals surface area (Å²) in [6.07, 6.45) is 0.0955. The van der Waals surface area contributed by atoms with E-state index >= 15 is 0 Å². The number of nitrogens with two attached hydrogens (primary N) is 1. The van der Waals surface area contributed by atoms with Crippen molar-refractivity contribution in [3.8, 4) is 23.3 Å². The molecule has 0 saturated carbocycles. The largest absolute Gasteiger partial charge is 0.508 e. The first-order chi connectivity index (χ1) is 20.2. The molecule has 3 aliphatic carbocycles. The monoisotopic (exact) mass is 586 g/mol. The molecule has 0 radical (unpaired) electrons. The zero-order valence-corrected chi connectivity index (χ0v) is 23.9. The molecule has 43 heavy (non-hydrogen) atoms. The van der Waals surface area contributed by atoms with Gasteiger partial charge in [0.2, 0.25) is 0 Å². The van der Waals surface area contributed by atoms with Crippen LogP contribution in [0.3, 0.4) is 0 Å². The molecule has 0 fully saturated rings. The topological polar surface area (TPSA) is 194 Å². The van der Waals surface area contributed by atoms with E-state index < -0.39 is 63.7 Å². The molecule has 3 aliphatic rings. The molecule has 2 aromatic carbocycles. The molecule has 1 amide bonds. The van der Waals surface area contributed by atoms with E-state index in [1.54, 1.807) is 51.3 Å². The van der Waals surface area contributed by atoms with Gasteiger partial charge < -0.3 is 31.1 Å². The van der Waals surface area contributed by atoms with Crippen LogP contribution in [0.2, 0.25) is 0 Å². The molecule has 0 unspecified atom stereocenters. The fourth-order valence-electron chi connectivity index (χ4n) is 6.63. The Labute approximate surface area is 246 Å². The minimum atomic E-state index is -2.67. The number of aliphatic hydroxyl groups is 2. The summed E-state index contributed by atoms with van der Waals surface area (Å²) in [6, 6.07) is 6.65. The van der Waals surface area contributed by atoms with Crippen molar-refractivity contribution in [1.29, 1.82) is 0 Å². The number of benzene rings is 2. The van der Waals surface area contributed by atoms with E-state index in [2.05, 4.69) is 17.0 Å². The zero-order chi connectivity index (χ0) is 31.5. The minimum absolute atomic E-state index is 0.00346. The first-order valence-electron chi connectivity index (χ1n) is 13.4. The second-order valence-corrected chi connectivity index (χ2v) is 11.4. The SMILES string of the molecule is CN(C)c1cc(C#Cc2cccc(O)c2)c(O)c2c1C[C@H]1C[C@H]3[C@H](N(C)C)C(=O)C(C(N)=O)=C(O)[C@@]3(O)C(N=O)=C1C2=O. The van der Waals surface area contributed by atoms with Gasteiger partial charge in [0.05, 0.1) is 17.2 Å². The summed E-state index contributed by atoms with van der Waals surface area (Å²) >= 11 is 0. The van der Waals surface area contributed by atoms with Gasteiger partial charge in [-0.2, -0.15) is 0 Å². The number of carbonyl (C=O) groups excluding carboxylic acids is 3. The van der Waals surface area contributed by atoms with Gasteiger partial charge in [0, 0.05) is 36.8 Å². The lowest BCUT2D eigenvalue weighted by Gasteiger charge is -2.50. The molecule has 0 bridgehead atoms. The number of aliphatic hydroxyl groups excluding tert-OH is 1. The van der Waals surface area contributed by atoms with Crippen LogP contribution in [0.4, 0.5) is 5.69 Å². The number of anilines is 1. The number of hydrogen-bond acceptors (Lipinski definition) is 11. The quantitative estimate of drug-likeness (QED) is 0.199. The van der Waals surface area contributed by atoms with Gasteiger partial charge in [-0.3, -0.25) is 19.3 Å². The fraction of sp³-hybridized carbons (Fsp3) is 0.323. The van der Waals surface area contributed by atoms with Crippen molar-refractivity contribution >= 4 is 23.2 Å². The Hall–Kier alpha value is -4.99. The molecule has 0 aromatic heterocycles. The third kappa shape index (κ3) is 4.36. The summed E-state index contributed by atoms with van der Waals surface area (Å²) in [5, 5.41) is 47.2. The Morgan fingerprint density at radius 1 is 1.09 bits per heavy atom. The molecule has 6 N–H and O–H groups in total. The number of ketones is 2. The van der Waals surface area contributed by atoms with E-state index in [1.807, 2.05) is 0 Å². The van der Waals surface area contributed by atoms with E-state index in [4.69, 9.17) is 5.73 Å². The second kappa shape index (κ2) is 10.4. The predicted molar refractivity (Wildman–Crippen MR) is 155 cm³/mol. The maximum atomic E-state index is 14.2. The lowest BCUT2D eigenvalue weighted by atomic mass is 9.58. The summed E-state index contributed by atoms with van der Waals surface area (Å²) in [5.41, 5.74) is 2.35. The van der Waals surface area contributed by atoms with Crippen molar-refractivity contribution in [2.24, 2.45) is 22.7 Å². The number of amides is 1. The molecule has 0 saturated heterocycles. The number of primary amides is 1. The van der Waals surface area contributed by atoms with Crippen molar-refractivity contribution in [2.45, 2.75) is 24.5 Å². The van der Waals surface area contributed by atoms with Crippen molar-refractivity contribution < 1.29 is 34.8 Å². The first-order valence-corrected chi connectivity index (χ1v) is 13.4. The minimum Gasteiger partial charge on any atom is -0.508 e. The highest BCUT2D eigenvalue weighted by Gasteiger charge is 2.62. The van der Waals surface area contributed by atoms with Gasteiger partial charge in [-0.25, -0.2) is 0 Å². The summed E-state index contributed by atoms with van der Waals surface area (Å²) in [5.74, 6) is -0.692. The lowest BCUT2D eigenvalue weighted by Crippen LogP contribution is -2.62. The molecular weight excluding hydrogens is 556 g/mol. The molecule has 12 nitrogen and oxygen atoms in total. The van der Waals surface area contributed by atoms with E-state index in [0.717, 1.165) is 0 Å². The van der Waals surface area contributed by atoms with Crippen LogP contribution in [0.25, 0.3) is 0 Å². The zero-order valence-electron chi connectivity index (χ0n) is 23.9. The number of likely N-dealkylation sites (N-methyl/N-ethyl adjacent to an activating group) is 1. The first kappa shape index (κ1) is 29.5. The molecule has 0 aliphatic heterocycles. The third-order valence-electron chi connectivity index (χ3n) is 8.46. The van der Waals surface area contributed by atoms with Crippen molar-refractivity contribution in [1.82, 2.24) is 4.90 Å². The highest BCUT2D eigenvalue weighted by atomic mass is 16.3. The number of phenols is 2. The standard InChI is InChI=1S/C31H30N4O8/c1-34(2)20-13-15(9-8-14-6-5-7-17(36)10-14)25(37)22-18(20)11-16-12-19-24(35(3)4)27(39)23(30(32)41)29(40)31(19,42)28(33-43)21(16)26(22)38/h5-7,10,13,16,19,24,36-37,40,42H,11-12H2,1-4H3,(H2,32,41)/t16-,19-,24-,31-/m0/s1. The molecule has 2 aromatic rings. The number of aromatic hydroxyl groups is 2. The number of carbonyl (C=O) groups is 3. The van der Waals surface area contributed by atoms with Crippen LogP contribution in [-0.2, 0) is 16.0 Å². The van der Waals surface area contributed by atoms with Gasteiger partial charge in [-0.15, -0.1) is 4.91 Å². The molecule has 0 spiro atoms. The van der Waals surface area contributed by atoms with Crippen LogP contribution in [-0.4, -0.2) is 82.6 Å². The molecular formula is C31H30N4O8. The van der Waals surface area contributed by atoms with Crippen molar-refractivity contribution in [2.75, 3.05) is 33.1 Å². The summed E-state index contributed by atoms with van der Waals surface area (Å²) in [4.78, 5) is 55.4. The normalized spacial score (nSPS) is 24.6. The van der Waals surface area contributed by atoms with E-state index in [0.29, 0.717) is 16.8 Å². The Kier molecular flexibility index (Phi) is 7.12. The van der Waals surface area contributed by atoms with Crippen LogP contribution in [0.5, 0.6) is 11.5 Å². The smallest absolute Gasteiger partial charge is 0.255 e. The Morgan fingerprint density at radius 2 is 1.79 bits per heavy atom. The second-order valence-electron chi connectivity index (χ2n) is 11.4. The lowest BCUT2D eigenvalue weighted by molar-refractivity contribution is -0.134. The molecule has 5 rings (SSSR count). The number of fused-ring (bicyclic) bond motifs is 3.